The number of aliphatic carboxylic acids is 1. The molecule has 24 heavy (non-hydrogen) atoms. The Bertz CT molecular complexity index is 587. The third kappa shape index (κ3) is 5.23. The van der Waals surface area contributed by atoms with Crippen LogP contribution in [0, 0.1) is 13.8 Å². The van der Waals surface area contributed by atoms with Gasteiger partial charge in [0.1, 0.15) is 5.75 Å². The Balaban J connectivity index is 1.67. The number of carboxylic acid groups (broad SMARTS) is 1. The zero-order valence-corrected chi connectivity index (χ0v) is 14.3. The maximum absolute atomic E-state index is 12.1. The van der Waals surface area contributed by atoms with Crippen LogP contribution in [0.3, 0.4) is 0 Å². The van der Waals surface area contributed by atoms with Crippen LogP contribution in [-0.2, 0) is 14.3 Å². The molecule has 1 amide bonds. The highest BCUT2D eigenvalue weighted by atomic mass is 16.5. The number of rotatable bonds is 7. The van der Waals surface area contributed by atoms with E-state index >= 15 is 0 Å². The summed E-state index contributed by atoms with van der Waals surface area (Å²) in [4.78, 5) is 24.6. The van der Waals surface area contributed by atoms with E-state index in [1.165, 1.54) is 0 Å². The first-order valence-corrected chi connectivity index (χ1v) is 8.29. The molecular formula is C18H25NO5. The van der Waals surface area contributed by atoms with E-state index in [1.54, 1.807) is 4.90 Å². The molecular weight excluding hydrogens is 310 g/mol. The van der Waals surface area contributed by atoms with E-state index in [0.717, 1.165) is 29.7 Å². The zero-order valence-electron chi connectivity index (χ0n) is 14.3. The van der Waals surface area contributed by atoms with Gasteiger partial charge in [-0.1, -0.05) is 12.1 Å². The molecule has 1 saturated heterocycles. The fraction of sp³-hybridized carbons (Fsp3) is 0.556. The highest BCUT2D eigenvalue weighted by Gasteiger charge is 2.28. The average Bonchev–Trinajstić information content (AvgIpc) is 2.57. The Morgan fingerprint density at radius 3 is 2.88 bits per heavy atom. The number of carboxylic acids is 1. The first-order valence-electron chi connectivity index (χ1n) is 8.29. The number of hydrogen-bond acceptors (Lipinski definition) is 4. The van der Waals surface area contributed by atoms with Crippen molar-refractivity contribution < 1.29 is 24.2 Å². The van der Waals surface area contributed by atoms with Gasteiger partial charge in [0.05, 0.1) is 19.8 Å². The minimum Gasteiger partial charge on any atom is -0.493 e. The van der Waals surface area contributed by atoms with E-state index in [2.05, 4.69) is 0 Å². The Hall–Kier alpha value is -2.08. The van der Waals surface area contributed by atoms with Gasteiger partial charge >= 0.3 is 5.97 Å². The lowest BCUT2D eigenvalue weighted by atomic mass is 10.1. The largest absolute Gasteiger partial charge is 0.493 e. The first kappa shape index (κ1) is 18.3. The SMILES string of the molecule is Cc1ccc(C)c(OCCCCC(=O)N2CCO[C@@H](C(=O)O)C2)c1. The monoisotopic (exact) mass is 335 g/mol. The summed E-state index contributed by atoms with van der Waals surface area (Å²) in [6.07, 6.45) is 1.00. The summed E-state index contributed by atoms with van der Waals surface area (Å²) in [7, 11) is 0. The van der Waals surface area contributed by atoms with Gasteiger partial charge in [-0.3, -0.25) is 4.79 Å². The number of ether oxygens (including phenoxy) is 2. The van der Waals surface area contributed by atoms with Gasteiger partial charge in [-0.05, 0) is 43.9 Å². The van der Waals surface area contributed by atoms with Crippen molar-refractivity contribution >= 4 is 11.9 Å². The van der Waals surface area contributed by atoms with Gasteiger partial charge in [-0.15, -0.1) is 0 Å². The highest BCUT2D eigenvalue weighted by molar-refractivity contribution is 5.78. The maximum atomic E-state index is 12.1. The number of nitrogens with zero attached hydrogens (tertiary/aromatic N) is 1. The van der Waals surface area contributed by atoms with E-state index in [1.807, 2.05) is 32.0 Å². The molecule has 0 unspecified atom stereocenters. The molecule has 1 N–H and O–H groups in total. The molecule has 1 aromatic rings. The molecule has 1 fully saturated rings. The third-order valence-corrected chi connectivity index (χ3v) is 4.08. The summed E-state index contributed by atoms with van der Waals surface area (Å²) in [5, 5.41) is 8.95. The standard InChI is InChI=1S/C18H25NO5/c1-13-6-7-14(2)15(11-13)23-9-4-3-5-17(20)19-8-10-24-16(12-19)18(21)22/h6-7,11,16H,3-5,8-10,12H2,1-2H3,(H,21,22)/t16-/m1/s1. The van der Waals surface area contributed by atoms with Crippen LogP contribution in [-0.4, -0.2) is 54.3 Å². The fourth-order valence-electron chi connectivity index (χ4n) is 2.61. The minimum atomic E-state index is -1.02. The fourth-order valence-corrected chi connectivity index (χ4v) is 2.61. The predicted molar refractivity (Wildman–Crippen MR) is 89.2 cm³/mol. The third-order valence-electron chi connectivity index (χ3n) is 4.08. The number of carbonyl (C=O) groups is 2. The smallest absolute Gasteiger partial charge is 0.334 e. The van der Waals surface area contributed by atoms with Crippen LogP contribution in [0.4, 0.5) is 0 Å². The van der Waals surface area contributed by atoms with Crippen LogP contribution in [0.5, 0.6) is 5.75 Å². The number of morpholine rings is 1. The number of hydrogen-bond donors (Lipinski definition) is 1. The Labute approximate surface area is 142 Å². The summed E-state index contributed by atoms with van der Waals surface area (Å²) >= 11 is 0. The molecule has 132 valence electrons. The second-order valence-electron chi connectivity index (χ2n) is 6.11. The molecule has 0 aliphatic carbocycles. The van der Waals surface area contributed by atoms with Crippen molar-refractivity contribution in [1.82, 2.24) is 4.90 Å². The summed E-state index contributed by atoms with van der Waals surface area (Å²) < 4.78 is 10.9. The van der Waals surface area contributed by atoms with Gasteiger partial charge < -0.3 is 19.5 Å². The summed E-state index contributed by atoms with van der Waals surface area (Å²) in [6, 6.07) is 6.10. The molecule has 0 bridgehead atoms. The first-order chi connectivity index (χ1) is 11.5. The second kappa shape index (κ2) is 8.68. The normalized spacial score (nSPS) is 17.6. The molecule has 0 spiro atoms. The van der Waals surface area contributed by atoms with Crippen LogP contribution in [0.25, 0.3) is 0 Å². The molecule has 6 nitrogen and oxygen atoms in total. The number of aryl methyl sites for hydroxylation is 2. The van der Waals surface area contributed by atoms with Crippen molar-refractivity contribution in [3.8, 4) is 5.75 Å². The van der Waals surface area contributed by atoms with Crippen molar-refractivity contribution in [2.45, 2.75) is 39.2 Å². The molecule has 1 aromatic carbocycles. The predicted octanol–water partition coefficient (Wildman–Crippen LogP) is 2.16. The van der Waals surface area contributed by atoms with Crippen LogP contribution in [0.15, 0.2) is 18.2 Å². The van der Waals surface area contributed by atoms with Gasteiger partial charge in [-0.2, -0.15) is 0 Å². The lowest BCUT2D eigenvalue weighted by molar-refractivity contribution is -0.159. The summed E-state index contributed by atoms with van der Waals surface area (Å²) in [5.74, 6) is -0.149. The molecule has 1 aliphatic rings. The Morgan fingerprint density at radius 2 is 2.12 bits per heavy atom. The maximum Gasteiger partial charge on any atom is 0.334 e. The molecule has 0 radical (unpaired) electrons. The molecule has 2 rings (SSSR count). The van der Waals surface area contributed by atoms with Gasteiger partial charge in [0.15, 0.2) is 6.10 Å². The quantitative estimate of drug-likeness (QED) is 0.773. The van der Waals surface area contributed by atoms with Crippen LogP contribution in [0.2, 0.25) is 0 Å². The molecule has 1 aliphatic heterocycles. The topological polar surface area (TPSA) is 76.1 Å². The van der Waals surface area contributed by atoms with Crippen LogP contribution in [0.1, 0.15) is 30.4 Å². The van der Waals surface area contributed by atoms with Crippen LogP contribution >= 0.6 is 0 Å². The van der Waals surface area contributed by atoms with Crippen LogP contribution < -0.4 is 4.74 Å². The number of benzene rings is 1. The van der Waals surface area contributed by atoms with E-state index < -0.39 is 12.1 Å². The molecule has 0 saturated carbocycles. The average molecular weight is 335 g/mol. The van der Waals surface area contributed by atoms with E-state index in [9.17, 15) is 9.59 Å². The van der Waals surface area contributed by atoms with Crippen molar-refractivity contribution in [3.05, 3.63) is 29.3 Å². The zero-order chi connectivity index (χ0) is 17.5. The van der Waals surface area contributed by atoms with Gasteiger partial charge in [0.2, 0.25) is 5.91 Å². The minimum absolute atomic E-state index is 0.0173. The lowest BCUT2D eigenvalue weighted by Gasteiger charge is -2.30. The summed E-state index contributed by atoms with van der Waals surface area (Å²) in [5.41, 5.74) is 2.26. The molecule has 1 heterocycles. The second-order valence-corrected chi connectivity index (χ2v) is 6.11. The number of amides is 1. The highest BCUT2D eigenvalue weighted by Crippen LogP contribution is 2.19. The molecule has 0 aromatic heterocycles. The van der Waals surface area contributed by atoms with Crippen molar-refractivity contribution in [2.24, 2.45) is 0 Å². The van der Waals surface area contributed by atoms with Crippen molar-refractivity contribution in [3.63, 3.8) is 0 Å². The van der Waals surface area contributed by atoms with Crippen molar-refractivity contribution in [2.75, 3.05) is 26.3 Å². The Kier molecular flexibility index (Phi) is 6.61. The summed E-state index contributed by atoms with van der Waals surface area (Å²) in [6.45, 7) is 5.47. The van der Waals surface area contributed by atoms with Crippen molar-refractivity contribution in [1.29, 1.82) is 0 Å². The van der Waals surface area contributed by atoms with E-state index in [-0.39, 0.29) is 19.1 Å². The molecule has 1 atom stereocenters. The van der Waals surface area contributed by atoms with E-state index in [4.69, 9.17) is 14.6 Å². The Morgan fingerprint density at radius 1 is 1.33 bits per heavy atom. The van der Waals surface area contributed by atoms with E-state index in [0.29, 0.717) is 19.6 Å². The van der Waals surface area contributed by atoms with Gasteiger partial charge in [0, 0.05) is 13.0 Å². The molecule has 6 heteroatoms. The number of unbranched alkanes of at least 4 members (excludes halogenated alkanes) is 1. The lowest BCUT2D eigenvalue weighted by Crippen LogP contribution is -2.48. The van der Waals surface area contributed by atoms with Gasteiger partial charge in [0.25, 0.3) is 0 Å². The van der Waals surface area contributed by atoms with Gasteiger partial charge in [-0.25, -0.2) is 4.79 Å². The number of carbonyl (C=O) groups excluding carboxylic acids is 1.